The Balaban J connectivity index is 1.77. The van der Waals surface area contributed by atoms with Crippen LogP contribution >= 0.6 is 11.6 Å². The molecular formula is C23H23ClN2O3. The summed E-state index contributed by atoms with van der Waals surface area (Å²) in [5.41, 5.74) is 2.65. The van der Waals surface area contributed by atoms with E-state index in [0.717, 1.165) is 17.7 Å². The lowest BCUT2D eigenvalue weighted by molar-refractivity contribution is -0.123. The first-order chi connectivity index (χ1) is 13.9. The Kier molecular flexibility index (Phi) is 6.49. The van der Waals surface area contributed by atoms with Gasteiger partial charge < -0.3 is 10.1 Å². The third kappa shape index (κ3) is 4.74. The highest BCUT2D eigenvalue weighted by Gasteiger charge is 2.22. The van der Waals surface area contributed by atoms with Gasteiger partial charge in [0.25, 0.3) is 5.91 Å². The van der Waals surface area contributed by atoms with Gasteiger partial charge in [-0.05, 0) is 43.0 Å². The van der Waals surface area contributed by atoms with Crippen LogP contribution in [0, 0.1) is 0 Å². The number of anilines is 1. The van der Waals surface area contributed by atoms with Crippen LogP contribution in [0.4, 0.5) is 5.69 Å². The lowest BCUT2D eigenvalue weighted by Gasteiger charge is -2.18. The van der Waals surface area contributed by atoms with Gasteiger partial charge in [-0.2, -0.15) is 0 Å². The number of nitrogens with zero attached hydrogens (tertiary/aromatic N) is 1. The number of para-hydroxylation sites is 2. The number of halogens is 1. The van der Waals surface area contributed by atoms with Crippen LogP contribution in [0.5, 0.6) is 0 Å². The summed E-state index contributed by atoms with van der Waals surface area (Å²) >= 11 is 6.04. The number of hydrogen-bond acceptors (Lipinski definition) is 4. The van der Waals surface area contributed by atoms with E-state index in [0.29, 0.717) is 16.8 Å². The molecule has 0 fully saturated rings. The number of amides is 1. The maximum absolute atomic E-state index is 12.7. The van der Waals surface area contributed by atoms with Gasteiger partial charge in [0, 0.05) is 11.1 Å². The number of fused-ring (bicyclic) bond motifs is 1. The van der Waals surface area contributed by atoms with Crippen molar-refractivity contribution in [2.75, 3.05) is 5.32 Å². The smallest absolute Gasteiger partial charge is 0.339 e. The Morgan fingerprint density at radius 1 is 1.10 bits per heavy atom. The fourth-order valence-electron chi connectivity index (χ4n) is 3.08. The molecule has 1 heterocycles. The van der Waals surface area contributed by atoms with E-state index in [4.69, 9.17) is 16.3 Å². The van der Waals surface area contributed by atoms with Gasteiger partial charge in [0.1, 0.15) is 5.15 Å². The molecule has 2 atom stereocenters. The Labute approximate surface area is 175 Å². The van der Waals surface area contributed by atoms with E-state index < -0.39 is 18.0 Å². The van der Waals surface area contributed by atoms with E-state index in [1.165, 1.54) is 6.07 Å². The standard InChI is InChI=1S/C23H23ClN2O3/c1-4-14(2)16-9-5-7-11-19(16)26-22(27)15(3)29-23(28)18-13-21(24)25-20-12-8-6-10-17(18)20/h5-15H,4H2,1-3H3,(H,26,27)/t14-,15-/m1/s1. The second-order valence-corrected chi connectivity index (χ2v) is 7.33. The molecule has 3 rings (SSSR count). The van der Waals surface area contributed by atoms with Crippen LogP contribution in [0.25, 0.3) is 10.9 Å². The number of carbonyl (C=O) groups is 2. The van der Waals surface area contributed by atoms with E-state index in [2.05, 4.69) is 24.1 Å². The number of aromatic nitrogens is 1. The van der Waals surface area contributed by atoms with Crippen molar-refractivity contribution in [3.8, 4) is 0 Å². The van der Waals surface area contributed by atoms with Crippen molar-refractivity contribution >= 4 is 40.1 Å². The molecule has 0 spiro atoms. The zero-order valence-corrected chi connectivity index (χ0v) is 17.4. The molecule has 0 bridgehead atoms. The number of pyridine rings is 1. The van der Waals surface area contributed by atoms with Crippen molar-refractivity contribution in [3.05, 3.63) is 70.9 Å². The first-order valence-corrected chi connectivity index (χ1v) is 9.94. The van der Waals surface area contributed by atoms with Crippen molar-refractivity contribution in [2.45, 2.75) is 39.2 Å². The Bertz CT molecular complexity index is 1050. The molecule has 1 amide bonds. The van der Waals surface area contributed by atoms with Gasteiger partial charge in [0.05, 0.1) is 11.1 Å². The number of rotatable bonds is 6. The van der Waals surface area contributed by atoms with E-state index in [9.17, 15) is 9.59 Å². The number of nitrogens with one attached hydrogen (secondary N) is 1. The molecule has 0 saturated heterocycles. The second-order valence-electron chi connectivity index (χ2n) is 6.94. The molecule has 150 valence electrons. The first kappa shape index (κ1) is 20.8. The predicted octanol–water partition coefficient (Wildman–Crippen LogP) is 5.59. The normalized spacial score (nSPS) is 13.0. The molecule has 29 heavy (non-hydrogen) atoms. The SMILES string of the molecule is CC[C@@H](C)c1ccccc1NC(=O)[C@@H](C)OC(=O)c1cc(Cl)nc2ccccc12. The highest BCUT2D eigenvalue weighted by Crippen LogP contribution is 2.27. The molecule has 0 aliphatic carbocycles. The quantitative estimate of drug-likeness (QED) is 0.425. The van der Waals surface area contributed by atoms with Gasteiger partial charge in [0.15, 0.2) is 6.10 Å². The summed E-state index contributed by atoms with van der Waals surface area (Å²) in [5, 5.41) is 3.69. The summed E-state index contributed by atoms with van der Waals surface area (Å²) in [6.45, 7) is 5.74. The zero-order chi connectivity index (χ0) is 21.0. The first-order valence-electron chi connectivity index (χ1n) is 9.56. The third-order valence-corrected chi connectivity index (χ3v) is 5.11. The maximum atomic E-state index is 12.7. The molecule has 3 aromatic rings. The minimum atomic E-state index is -0.974. The van der Waals surface area contributed by atoms with Gasteiger partial charge in [-0.3, -0.25) is 4.79 Å². The van der Waals surface area contributed by atoms with Gasteiger partial charge in [-0.1, -0.05) is 61.8 Å². The van der Waals surface area contributed by atoms with Crippen molar-refractivity contribution in [2.24, 2.45) is 0 Å². The topological polar surface area (TPSA) is 68.3 Å². The summed E-state index contributed by atoms with van der Waals surface area (Å²) in [6, 6.07) is 16.2. The highest BCUT2D eigenvalue weighted by atomic mass is 35.5. The molecule has 0 saturated carbocycles. The Morgan fingerprint density at radius 2 is 1.79 bits per heavy atom. The highest BCUT2D eigenvalue weighted by molar-refractivity contribution is 6.30. The minimum Gasteiger partial charge on any atom is -0.449 e. The average Bonchev–Trinajstić information content (AvgIpc) is 2.72. The summed E-state index contributed by atoms with van der Waals surface area (Å²) in [4.78, 5) is 29.6. The van der Waals surface area contributed by atoms with Gasteiger partial charge >= 0.3 is 5.97 Å². The summed E-state index contributed by atoms with van der Waals surface area (Å²) in [7, 11) is 0. The molecular weight excluding hydrogens is 388 g/mol. The van der Waals surface area contributed by atoms with E-state index in [1.54, 1.807) is 25.1 Å². The third-order valence-electron chi connectivity index (χ3n) is 4.92. The molecule has 1 aromatic heterocycles. The monoisotopic (exact) mass is 410 g/mol. The van der Waals surface area contributed by atoms with Crippen LogP contribution in [0.3, 0.4) is 0 Å². The molecule has 1 N–H and O–H groups in total. The molecule has 2 aromatic carbocycles. The number of benzene rings is 2. The van der Waals surface area contributed by atoms with Crippen LogP contribution in [0.2, 0.25) is 5.15 Å². The number of esters is 1. The van der Waals surface area contributed by atoms with Crippen LogP contribution in [0.1, 0.15) is 49.0 Å². The zero-order valence-electron chi connectivity index (χ0n) is 16.6. The molecule has 0 aliphatic rings. The van der Waals surface area contributed by atoms with Crippen molar-refractivity contribution in [1.82, 2.24) is 4.98 Å². The Hall–Kier alpha value is -2.92. The summed E-state index contributed by atoms with van der Waals surface area (Å²) < 4.78 is 5.42. The second kappa shape index (κ2) is 9.05. The molecule has 6 heteroatoms. The predicted molar refractivity (Wildman–Crippen MR) is 115 cm³/mol. The lowest BCUT2D eigenvalue weighted by atomic mass is 9.97. The van der Waals surface area contributed by atoms with Crippen LogP contribution in [-0.4, -0.2) is 23.0 Å². The van der Waals surface area contributed by atoms with Crippen molar-refractivity contribution in [1.29, 1.82) is 0 Å². The molecule has 0 radical (unpaired) electrons. The maximum Gasteiger partial charge on any atom is 0.339 e. The van der Waals surface area contributed by atoms with Gasteiger partial charge in [-0.25, -0.2) is 9.78 Å². The van der Waals surface area contributed by atoms with E-state index >= 15 is 0 Å². The average molecular weight is 411 g/mol. The van der Waals surface area contributed by atoms with E-state index in [1.807, 2.05) is 30.3 Å². The fourth-order valence-corrected chi connectivity index (χ4v) is 3.28. The van der Waals surface area contributed by atoms with Crippen molar-refractivity contribution in [3.63, 3.8) is 0 Å². The minimum absolute atomic E-state index is 0.190. The van der Waals surface area contributed by atoms with Crippen LogP contribution in [0.15, 0.2) is 54.6 Å². The molecule has 0 unspecified atom stereocenters. The largest absolute Gasteiger partial charge is 0.449 e. The summed E-state index contributed by atoms with van der Waals surface area (Å²) in [6.07, 6.45) is -0.0222. The fraction of sp³-hybridized carbons (Fsp3) is 0.261. The van der Waals surface area contributed by atoms with Crippen LogP contribution < -0.4 is 5.32 Å². The number of ether oxygens (including phenoxy) is 1. The van der Waals surface area contributed by atoms with Gasteiger partial charge in [0.2, 0.25) is 0 Å². The Morgan fingerprint density at radius 3 is 2.55 bits per heavy atom. The van der Waals surface area contributed by atoms with Gasteiger partial charge in [-0.15, -0.1) is 0 Å². The number of hydrogen-bond donors (Lipinski definition) is 1. The van der Waals surface area contributed by atoms with Crippen molar-refractivity contribution < 1.29 is 14.3 Å². The summed E-state index contributed by atoms with van der Waals surface area (Å²) in [5.74, 6) is -0.711. The van der Waals surface area contributed by atoms with E-state index in [-0.39, 0.29) is 10.7 Å². The molecule has 0 aliphatic heterocycles. The van der Waals surface area contributed by atoms with Crippen LogP contribution in [-0.2, 0) is 9.53 Å². The number of carbonyl (C=O) groups excluding carboxylic acids is 2. The molecule has 5 nitrogen and oxygen atoms in total. The lowest BCUT2D eigenvalue weighted by Crippen LogP contribution is -2.30.